The Kier molecular flexibility index (Phi) is 3.44. The summed E-state index contributed by atoms with van der Waals surface area (Å²) in [4.78, 5) is 0.228. The first-order valence-corrected chi connectivity index (χ1v) is 7.78. The maximum atomic E-state index is 11.7. The van der Waals surface area contributed by atoms with Gasteiger partial charge in [0.2, 0.25) is 0 Å². The van der Waals surface area contributed by atoms with E-state index in [0.717, 1.165) is 0 Å². The van der Waals surface area contributed by atoms with Crippen molar-refractivity contribution in [2.24, 2.45) is 5.90 Å². The second-order valence-corrected chi connectivity index (χ2v) is 7.59. The molecule has 0 aromatic heterocycles. The summed E-state index contributed by atoms with van der Waals surface area (Å²) in [5, 5.41) is 0. The van der Waals surface area contributed by atoms with Gasteiger partial charge in [0.05, 0.1) is 4.90 Å². The number of aryl methyl sites for hydroxylation is 1. The molecule has 0 saturated carbocycles. The molecule has 0 amide bonds. The monoisotopic (exact) mass is 263 g/mol. The Morgan fingerprint density at radius 2 is 1.69 bits per heavy atom. The van der Waals surface area contributed by atoms with E-state index in [9.17, 15) is 12.6 Å². The van der Waals surface area contributed by atoms with Gasteiger partial charge in [-0.25, -0.2) is 0 Å². The molecular weight excluding hydrogens is 250 g/mol. The number of nitrogens with two attached hydrogens (primary N) is 1. The van der Waals surface area contributed by atoms with Crippen LogP contribution in [0.4, 0.5) is 0 Å². The fraction of sp³-hybridized carbons (Fsp3) is 0.222. The molecule has 2 N–H and O–H groups in total. The Bertz CT molecular complexity index is 602. The van der Waals surface area contributed by atoms with E-state index in [0.29, 0.717) is 10.5 Å². The van der Waals surface area contributed by atoms with Gasteiger partial charge in [-0.1, -0.05) is 0 Å². The van der Waals surface area contributed by atoms with Crippen LogP contribution in [0.3, 0.4) is 0 Å². The van der Waals surface area contributed by atoms with Crippen LogP contribution in [0.25, 0.3) is 0 Å². The quantitative estimate of drug-likeness (QED) is 0.625. The summed E-state index contributed by atoms with van der Waals surface area (Å²) in [7, 11) is -6.46. The minimum absolute atomic E-state index is 0.122. The number of benzene rings is 1. The molecule has 0 aliphatic rings. The highest BCUT2D eigenvalue weighted by atomic mass is 32.2. The average Bonchev–Trinajstić information content (AvgIpc) is 2.15. The van der Waals surface area contributed by atoms with E-state index in [-0.39, 0.29) is 4.90 Å². The topological polar surface area (TPSA) is 86.5 Å². The molecule has 0 radical (unpaired) electrons. The van der Waals surface area contributed by atoms with E-state index in [1.54, 1.807) is 13.0 Å². The zero-order valence-electron chi connectivity index (χ0n) is 8.97. The van der Waals surface area contributed by atoms with Crippen molar-refractivity contribution in [2.75, 3.05) is 6.26 Å². The molecule has 0 spiro atoms. The van der Waals surface area contributed by atoms with Crippen LogP contribution < -0.4 is 5.90 Å². The van der Waals surface area contributed by atoms with Crippen LogP contribution in [-0.4, -0.2) is 24.8 Å². The van der Waals surface area contributed by atoms with E-state index >= 15 is 0 Å². The van der Waals surface area contributed by atoms with Crippen molar-refractivity contribution < 1.29 is 16.9 Å². The zero-order chi connectivity index (χ0) is 12.6. The smallest absolute Gasteiger partial charge is 0.263 e. The highest BCUT2D eigenvalue weighted by molar-refractivity contribution is 7.99. The molecule has 1 unspecified atom stereocenters. The third kappa shape index (κ3) is 2.82. The Labute approximate surface area is 95.3 Å². The minimum atomic E-state index is -3.98. The SMILES string of the molecule is C=S(C)(=O)c1cc(C)cc(S(=O)(=O)ON)c1. The van der Waals surface area contributed by atoms with Gasteiger partial charge in [-0.15, -0.1) is 0 Å². The van der Waals surface area contributed by atoms with Gasteiger partial charge in [0.15, 0.2) is 0 Å². The van der Waals surface area contributed by atoms with Crippen molar-refractivity contribution in [3.8, 4) is 0 Å². The number of rotatable bonds is 3. The summed E-state index contributed by atoms with van der Waals surface area (Å²) in [5.41, 5.74) is 0.645. The van der Waals surface area contributed by atoms with Crippen LogP contribution in [0.1, 0.15) is 5.56 Å². The molecule has 0 heterocycles. The van der Waals surface area contributed by atoms with Crippen LogP contribution in [0, 0.1) is 6.92 Å². The molecule has 7 heteroatoms. The van der Waals surface area contributed by atoms with Gasteiger partial charge in [0, 0.05) is 11.2 Å². The van der Waals surface area contributed by atoms with Gasteiger partial charge in [-0.05, 0) is 46.1 Å². The third-order valence-electron chi connectivity index (χ3n) is 1.94. The molecule has 1 aromatic rings. The normalized spacial score (nSPS) is 15.7. The van der Waals surface area contributed by atoms with E-state index in [1.165, 1.54) is 18.4 Å². The molecule has 1 rings (SSSR count). The van der Waals surface area contributed by atoms with Crippen LogP contribution in [-0.2, 0) is 23.9 Å². The van der Waals surface area contributed by atoms with Crippen LogP contribution >= 0.6 is 0 Å². The first-order valence-electron chi connectivity index (χ1n) is 4.24. The van der Waals surface area contributed by atoms with Crippen molar-refractivity contribution >= 4 is 25.5 Å². The lowest BCUT2D eigenvalue weighted by molar-refractivity contribution is 0.332. The Balaban J connectivity index is 3.53. The molecule has 0 saturated heterocycles. The summed E-state index contributed by atoms with van der Waals surface area (Å²) in [6, 6.07) is 4.26. The maximum Gasteiger partial charge on any atom is 0.312 e. The fourth-order valence-electron chi connectivity index (χ4n) is 1.16. The molecule has 16 heavy (non-hydrogen) atoms. The van der Waals surface area contributed by atoms with Crippen molar-refractivity contribution in [2.45, 2.75) is 16.7 Å². The minimum Gasteiger partial charge on any atom is -0.263 e. The zero-order valence-corrected chi connectivity index (χ0v) is 10.6. The van der Waals surface area contributed by atoms with E-state index in [1.807, 2.05) is 0 Å². The number of hydrogen-bond donors (Lipinski definition) is 1. The lowest BCUT2D eigenvalue weighted by Gasteiger charge is -2.07. The van der Waals surface area contributed by atoms with Crippen molar-refractivity contribution in [1.29, 1.82) is 0 Å². The summed E-state index contributed by atoms with van der Waals surface area (Å²) >= 11 is 0. The average molecular weight is 263 g/mol. The van der Waals surface area contributed by atoms with Crippen LogP contribution in [0.2, 0.25) is 0 Å². The number of hydrogen-bond acceptors (Lipinski definition) is 5. The molecule has 0 fully saturated rings. The van der Waals surface area contributed by atoms with Gasteiger partial charge in [-0.2, -0.15) is 18.6 Å². The summed E-state index contributed by atoms with van der Waals surface area (Å²) in [5.74, 6) is 8.16. The predicted octanol–water partition coefficient (Wildman–Crippen LogP) is 0.279. The second kappa shape index (κ2) is 4.17. The summed E-state index contributed by atoms with van der Waals surface area (Å²) in [6.45, 7) is 1.68. The van der Waals surface area contributed by atoms with Crippen molar-refractivity contribution in [1.82, 2.24) is 0 Å². The van der Waals surface area contributed by atoms with Crippen molar-refractivity contribution in [3.05, 3.63) is 23.8 Å². The molecule has 0 aliphatic heterocycles. The van der Waals surface area contributed by atoms with Gasteiger partial charge in [-0.3, -0.25) is 4.21 Å². The van der Waals surface area contributed by atoms with Gasteiger partial charge >= 0.3 is 10.1 Å². The van der Waals surface area contributed by atoms with Crippen LogP contribution in [0.15, 0.2) is 28.0 Å². The first kappa shape index (κ1) is 13.2. The molecule has 1 aromatic carbocycles. The van der Waals surface area contributed by atoms with E-state index < -0.39 is 19.6 Å². The highest BCUT2D eigenvalue weighted by Gasteiger charge is 2.16. The molecule has 0 bridgehead atoms. The standard InChI is InChI=1S/C9H13NO4S2/c1-7-4-8(15(2,3)11)6-9(5-7)16(12,13)14-10/h4-6H,2,10H2,1,3H3. The highest BCUT2D eigenvalue weighted by Crippen LogP contribution is 2.19. The molecule has 5 nitrogen and oxygen atoms in total. The maximum absolute atomic E-state index is 11.7. The Hall–Kier alpha value is -0.890. The third-order valence-corrected chi connectivity index (χ3v) is 4.24. The molecule has 0 aliphatic carbocycles. The summed E-state index contributed by atoms with van der Waals surface area (Å²) < 4.78 is 38.4. The molecule has 90 valence electrons. The predicted molar refractivity (Wildman–Crippen MR) is 63.1 cm³/mol. The van der Waals surface area contributed by atoms with Gasteiger partial charge in [0.1, 0.15) is 0 Å². The fourth-order valence-corrected chi connectivity index (χ4v) is 2.76. The van der Waals surface area contributed by atoms with Gasteiger partial charge in [0.25, 0.3) is 0 Å². The van der Waals surface area contributed by atoms with Crippen LogP contribution in [0.5, 0.6) is 0 Å². The second-order valence-electron chi connectivity index (χ2n) is 3.54. The van der Waals surface area contributed by atoms with Gasteiger partial charge < -0.3 is 0 Å². The first-order chi connectivity index (χ1) is 7.16. The summed E-state index contributed by atoms with van der Waals surface area (Å²) in [6.07, 6.45) is 1.43. The Morgan fingerprint density at radius 3 is 2.12 bits per heavy atom. The molecular formula is C9H13NO4S2. The largest absolute Gasteiger partial charge is 0.312 e. The van der Waals surface area contributed by atoms with E-state index in [4.69, 9.17) is 0 Å². The lowest BCUT2D eigenvalue weighted by Crippen LogP contribution is -2.12. The lowest BCUT2D eigenvalue weighted by atomic mass is 10.2. The molecule has 1 atom stereocenters. The van der Waals surface area contributed by atoms with Crippen molar-refractivity contribution in [3.63, 3.8) is 0 Å². The Morgan fingerprint density at radius 1 is 1.19 bits per heavy atom. The van der Waals surface area contributed by atoms with E-state index in [2.05, 4.69) is 16.1 Å².